The Morgan fingerprint density at radius 3 is 2.76 bits per heavy atom. The molecule has 6 nitrogen and oxygen atoms in total. The predicted molar refractivity (Wildman–Crippen MR) is 94.3 cm³/mol. The van der Waals surface area contributed by atoms with Crippen LogP contribution in [0.1, 0.15) is 62.7 Å². The summed E-state index contributed by atoms with van der Waals surface area (Å²) in [6, 6.07) is 8.12. The summed E-state index contributed by atoms with van der Waals surface area (Å²) in [7, 11) is 0. The highest BCUT2D eigenvalue weighted by molar-refractivity contribution is 5.72. The highest BCUT2D eigenvalue weighted by atomic mass is 16.5. The van der Waals surface area contributed by atoms with E-state index in [1.54, 1.807) is 0 Å². The SMILES string of the molecule is CCCc1noc([C@H](C)N2CCC(c3nc4ccccc4o3)CC2)n1. The van der Waals surface area contributed by atoms with E-state index in [4.69, 9.17) is 8.94 Å². The first kappa shape index (κ1) is 16.3. The van der Waals surface area contributed by atoms with Crippen LogP contribution < -0.4 is 0 Å². The monoisotopic (exact) mass is 340 g/mol. The van der Waals surface area contributed by atoms with E-state index in [1.807, 2.05) is 24.3 Å². The number of benzene rings is 1. The number of aromatic nitrogens is 3. The topological polar surface area (TPSA) is 68.2 Å². The van der Waals surface area contributed by atoms with Gasteiger partial charge in [0.15, 0.2) is 17.3 Å². The van der Waals surface area contributed by atoms with Crippen molar-refractivity contribution >= 4 is 11.1 Å². The molecular formula is C19H24N4O2. The van der Waals surface area contributed by atoms with Crippen molar-refractivity contribution in [2.24, 2.45) is 0 Å². The van der Waals surface area contributed by atoms with E-state index in [1.165, 1.54) is 0 Å². The summed E-state index contributed by atoms with van der Waals surface area (Å²) < 4.78 is 11.4. The summed E-state index contributed by atoms with van der Waals surface area (Å²) in [6.45, 7) is 6.23. The molecule has 6 heteroatoms. The zero-order valence-electron chi connectivity index (χ0n) is 14.8. The van der Waals surface area contributed by atoms with Gasteiger partial charge in [-0.25, -0.2) is 4.98 Å². The molecule has 1 atom stereocenters. The molecule has 4 rings (SSSR count). The van der Waals surface area contributed by atoms with Crippen LogP contribution in [-0.4, -0.2) is 33.1 Å². The lowest BCUT2D eigenvalue weighted by Crippen LogP contribution is -2.35. The summed E-state index contributed by atoms with van der Waals surface area (Å²) >= 11 is 0. The molecule has 0 saturated carbocycles. The second-order valence-electron chi connectivity index (χ2n) is 6.80. The first-order chi connectivity index (χ1) is 12.2. The van der Waals surface area contributed by atoms with Crippen LogP contribution in [0.15, 0.2) is 33.2 Å². The van der Waals surface area contributed by atoms with Gasteiger partial charge in [-0.1, -0.05) is 24.2 Å². The number of likely N-dealkylation sites (tertiary alicyclic amines) is 1. The molecule has 1 aromatic carbocycles. The molecule has 1 saturated heterocycles. The molecule has 1 aliphatic rings. The Hall–Kier alpha value is -2.21. The normalized spacial score (nSPS) is 18.0. The number of oxazole rings is 1. The molecule has 0 spiro atoms. The van der Waals surface area contributed by atoms with Gasteiger partial charge in [0, 0.05) is 12.3 Å². The van der Waals surface area contributed by atoms with Gasteiger partial charge in [0.05, 0.1) is 6.04 Å². The Balaban J connectivity index is 1.40. The average molecular weight is 340 g/mol. The van der Waals surface area contributed by atoms with E-state index in [0.29, 0.717) is 5.92 Å². The molecule has 0 bridgehead atoms. The van der Waals surface area contributed by atoms with Crippen LogP contribution in [0.3, 0.4) is 0 Å². The van der Waals surface area contributed by atoms with Crippen molar-refractivity contribution in [2.75, 3.05) is 13.1 Å². The van der Waals surface area contributed by atoms with Crippen LogP contribution in [0.25, 0.3) is 11.1 Å². The van der Waals surface area contributed by atoms with Crippen LogP contribution >= 0.6 is 0 Å². The Morgan fingerprint density at radius 1 is 1.20 bits per heavy atom. The van der Waals surface area contributed by atoms with E-state index in [0.717, 1.165) is 67.5 Å². The van der Waals surface area contributed by atoms with Crippen molar-refractivity contribution < 1.29 is 8.94 Å². The van der Waals surface area contributed by atoms with E-state index in [9.17, 15) is 0 Å². The fraction of sp³-hybridized carbons (Fsp3) is 0.526. The lowest BCUT2D eigenvalue weighted by Gasteiger charge is -2.33. The lowest BCUT2D eigenvalue weighted by atomic mass is 9.96. The second-order valence-corrected chi connectivity index (χ2v) is 6.80. The maximum absolute atomic E-state index is 5.95. The fourth-order valence-corrected chi connectivity index (χ4v) is 3.52. The molecule has 1 fully saturated rings. The van der Waals surface area contributed by atoms with Gasteiger partial charge in [-0.15, -0.1) is 0 Å². The summed E-state index contributed by atoms with van der Waals surface area (Å²) in [5.74, 6) is 2.79. The molecule has 0 N–H and O–H groups in total. The van der Waals surface area contributed by atoms with Gasteiger partial charge in [-0.2, -0.15) is 4.98 Å². The maximum atomic E-state index is 5.95. The minimum Gasteiger partial charge on any atom is -0.440 e. The highest BCUT2D eigenvalue weighted by Crippen LogP contribution is 2.32. The second kappa shape index (κ2) is 6.96. The molecular weight excluding hydrogens is 316 g/mol. The molecule has 3 heterocycles. The molecule has 0 amide bonds. The van der Waals surface area contributed by atoms with Crippen molar-refractivity contribution in [1.82, 2.24) is 20.0 Å². The Morgan fingerprint density at radius 2 is 2.00 bits per heavy atom. The predicted octanol–water partition coefficient (Wildman–Crippen LogP) is 4.10. The molecule has 0 unspecified atom stereocenters. The smallest absolute Gasteiger partial charge is 0.243 e. The first-order valence-corrected chi connectivity index (χ1v) is 9.16. The molecule has 25 heavy (non-hydrogen) atoms. The van der Waals surface area contributed by atoms with Crippen molar-refractivity contribution in [3.8, 4) is 0 Å². The zero-order chi connectivity index (χ0) is 17.2. The Kier molecular flexibility index (Phi) is 4.53. The third-order valence-electron chi connectivity index (χ3n) is 5.05. The summed E-state index contributed by atoms with van der Waals surface area (Å²) in [5.41, 5.74) is 1.82. The minimum absolute atomic E-state index is 0.155. The van der Waals surface area contributed by atoms with Gasteiger partial charge in [0.2, 0.25) is 5.89 Å². The Labute approximate surface area is 147 Å². The van der Waals surface area contributed by atoms with Gasteiger partial charge in [0.1, 0.15) is 5.52 Å². The number of hydrogen-bond donors (Lipinski definition) is 0. The largest absolute Gasteiger partial charge is 0.440 e. The van der Waals surface area contributed by atoms with Crippen LogP contribution in [0.2, 0.25) is 0 Å². The third kappa shape index (κ3) is 3.31. The van der Waals surface area contributed by atoms with E-state index in [-0.39, 0.29) is 6.04 Å². The summed E-state index contributed by atoms with van der Waals surface area (Å²) in [5, 5.41) is 4.07. The quantitative estimate of drug-likeness (QED) is 0.696. The molecule has 132 valence electrons. The van der Waals surface area contributed by atoms with Crippen LogP contribution in [0.5, 0.6) is 0 Å². The number of aryl methyl sites for hydroxylation is 1. The van der Waals surface area contributed by atoms with Gasteiger partial charge < -0.3 is 8.94 Å². The van der Waals surface area contributed by atoms with E-state index >= 15 is 0 Å². The number of piperidine rings is 1. The minimum atomic E-state index is 0.155. The van der Waals surface area contributed by atoms with Crippen molar-refractivity contribution in [1.29, 1.82) is 0 Å². The maximum Gasteiger partial charge on any atom is 0.243 e. The first-order valence-electron chi connectivity index (χ1n) is 9.16. The number of para-hydroxylation sites is 2. The number of hydrogen-bond acceptors (Lipinski definition) is 6. The highest BCUT2D eigenvalue weighted by Gasteiger charge is 2.29. The van der Waals surface area contributed by atoms with Gasteiger partial charge in [-0.05, 0) is 51.4 Å². The van der Waals surface area contributed by atoms with Crippen molar-refractivity contribution in [2.45, 2.75) is 51.5 Å². The van der Waals surface area contributed by atoms with Crippen LogP contribution in [-0.2, 0) is 6.42 Å². The molecule has 1 aliphatic heterocycles. The third-order valence-corrected chi connectivity index (χ3v) is 5.05. The van der Waals surface area contributed by atoms with Gasteiger partial charge in [0.25, 0.3) is 0 Å². The van der Waals surface area contributed by atoms with Gasteiger partial charge in [-0.3, -0.25) is 4.90 Å². The Bertz CT molecular complexity index is 800. The molecule has 3 aromatic rings. The fourth-order valence-electron chi connectivity index (χ4n) is 3.52. The number of fused-ring (bicyclic) bond motifs is 1. The van der Waals surface area contributed by atoms with Crippen LogP contribution in [0, 0.1) is 0 Å². The summed E-state index contributed by atoms with van der Waals surface area (Å²) in [4.78, 5) is 11.6. The summed E-state index contributed by atoms with van der Waals surface area (Å²) in [6.07, 6.45) is 3.97. The van der Waals surface area contributed by atoms with Crippen LogP contribution in [0.4, 0.5) is 0 Å². The zero-order valence-corrected chi connectivity index (χ0v) is 14.8. The van der Waals surface area contributed by atoms with Gasteiger partial charge >= 0.3 is 0 Å². The number of rotatable bonds is 5. The van der Waals surface area contributed by atoms with Crippen molar-refractivity contribution in [3.05, 3.63) is 41.9 Å². The number of nitrogens with zero attached hydrogens (tertiary/aromatic N) is 4. The van der Waals surface area contributed by atoms with E-state index in [2.05, 4.69) is 33.9 Å². The standard InChI is InChI=1S/C19H24N4O2/c1-3-6-17-21-18(25-22-17)13(2)23-11-9-14(10-12-23)19-20-15-7-4-5-8-16(15)24-19/h4-5,7-8,13-14H,3,6,9-12H2,1-2H3/t13-/m0/s1. The van der Waals surface area contributed by atoms with Crippen molar-refractivity contribution in [3.63, 3.8) is 0 Å². The lowest BCUT2D eigenvalue weighted by molar-refractivity contribution is 0.131. The molecule has 2 aromatic heterocycles. The van der Waals surface area contributed by atoms with E-state index < -0.39 is 0 Å². The average Bonchev–Trinajstić information content (AvgIpc) is 3.28. The molecule has 0 aliphatic carbocycles. The molecule has 0 radical (unpaired) electrons.